The molecule has 1 fully saturated rings. The highest BCUT2D eigenvalue weighted by atomic mass is 32.2. The highest BCUT2D eigenvalue weighted by molar-refractivity contribution is 7.93. The average molecular weight is 432 g/mol. The summed E-state index contributed by atoms with van der Waals surface area (Å²) < 4.78 is 53.4. The van der Waals surface area contributed by atoms with Gasteiger partial charge in [0.05, 0.1) is 38.0 Å². The summed E-state index contributed by atoms with van der Waals surface area (Å²) in [6.07, 6.45) is 0.337. The van der Waals surface area contributed by atoms with Crippen LogP contribution in [-0.4, -0.2) is 32.8 Å². The molecule has 8 nitrogen and oxygen atoms in total. The summed E-state index contributed by atoms with van der Waals surface area (Å²) >= 11 is 0. The average Bonchev–Trinajstić information content (AvgIpc) is 3.35. The van der Waals surface area contributed by atoms with E-state index in [1.807, 2.05) is 0 Å². The molecule has 1 aliphatic carbocycles. The normalized spacial score (nSPS) is 19.3. The minimum Gasteiger partial charge on any atom is -0.258 e. The monoisotopic (exact) mass is 431 g/mol. The van der Waals surface area contributed by atoms with Gasteiger partial charge in [0.25, 0.3) is 5.69 Å². The topological polar surface area (TPSA) is 130 Å². The number of non-ortho nitro benzene ring substituents is 1. The van der Waals surface area contributed by atoms with Gasteiger partial charge in [-0.3, -0.25) is 10.1 Å². The number of nitrogens with one attached hydrogen (secondary N) is 1. The molecular weight excluding hydrogens is 409 g/mol. The van der Waals surface area contributed by atoms with Crippen molar-refractivity contribution in [2.45, 2.75) is 55.6 Å². The van der Waals surface area contributed by atoms with E-state index in [4.69, 9.17) is 0 Å². The third-order valence-electron chi connectivity index (χ3n) is 4.61. The number of hydrogen-bond donors (Lipinski definition) is 1. The van der Waals surface area contributed by atoms with Crippen LogP contribution in [0.5, 0.6) is 0 Å². The molecule has 0 spiro atoms. The summed E-state index contributed by atoms with van der Waals surface area (Å²) in [5.41, 5.74) is -2.47. The van der Waals surface area contributed by atoms with Gasteiger partial charge in [-0.25, -0.2) is 21.7 Å². The zero-order valence-corrected chi connectivity index (χ0v) is 17.6. The second kappa shape index (κ2) is 7.17. The number of nitro benzene ring substituents is 1. The van der Waals surface area contributed by atoms with E-state index < -0.39 is 58.0 Å². The van der Waals surface area contributed by atoms with Crippen LogP contribution in [0.1, 0.15) is 46.1 Å². The first-order valence-corrected chi connectivity index (χ1v) is 11.3. The second-order valence-corrected chi connectivity index (χ2v) is 12.4. The van der Waals surface area contributed by atoms with Gasteiger partial charge < -0.3 is 0 Å². The van der Waals surface area contributed by atoms with Crippen LogP contribution < -0.4 is 4.72 Å². The van der Waals surface area contributed by atoms with Crippen LogP contribution in [0, 0.1) is 27.3 Å². The molecule has 0 aromatic heterocycles. The van der Waals surface area contributed by atoms with Gasteiger partial charge >= 0.3 is 0 Å². The lowest BCUT2D eigenvalue weighted by Crippen LogP contribution is -2.51. The van der Waals surface area contributed by atoms with Crippen LogP contribution in [0.25, 0.3) is 0 Å². The molecule has 28 heavy (non-hydrogen) atoms. The molecule has 0 heterocycles. The first kappa shape index (κ1) is 22.4. The molecule has 11 heteroatoms. The first-order chi connectivity index (χ1) is 12.7. The molecular formula is C17H22FN3O5S2. The summed E-state index contributed by atoms with van der Waals surface area (Å²) in [6.45, 7) is 6.26. The van der Waals surface area contributed by atoms with Crippen molar-refractivity contribution in [2.75, 3.05) is 5.75 Å². The lowest BCUT2D eigenvalue weighted by Gasteiger charge is -2.34. The van der Waals surface area contributed by atoms with Gasteiger partial charge in [-0.1, -0.05) is 0 Å². The van der Waals surface area contributed by atoms with Crippen LogP contribution in [-0.2, 0) is 26.4 Å². The minimum atomic E-state index is -4.04. The van der Waals surface area contributed by atoms with Gasteiger partial charge in [0.1, 0.15) is 5.82 Å². The second-order valence-electron chi connectivity index (χ2n) is 8.10. The fourth-order valence-electron chi connectivity index (χ4n) is 2.69. The molecule has 2 atom stereocenters. The fourth-order valence-corrected chi connectivity index (χ4v) is 5.81. The standard InChI is InChI=1S/C17H22FN3O5S2/c1-15(2,3)27(24)20-16(4,11-28(25,26)17(10-19)7-8-17)13-9-12(21(22)23)5-6-14(13)18/h5-6,9,20H,7-8,11H2,1-4H3. The third kappa shape index (κ3) is 4.24. The number of rotatable bonds is 7. The Balaban J connectivity index is 2.61. The Morgan fingerprint density at radius 3 is 2.36 bits per heavy atom. The van der Waals surface area contributed by atoms with Crippen molar-refractivity contribution in [1.29, 1.82) is 5.26 Å². The number of nitro groups is 1. The maximum Gasteiger partial charge on any atom is 0.269 e. The predicted octanol–water partition coefficient (Wildman–Crippen LogP) is 2.47. The van der Waals surface area contributed by atoms with Crippen molar-refractivity contribution in [3.8, 4) is 6.07 Å². The van der Waals surface area contributed by atoms with E-state index >= 15 is 0 Å². The first-order valence-electron chi connectivity index (χ1n) is 8.45. The maximum absolute atomic E-state index is 14.6. The molecule has 2 rings (SSSR count). The summed E-state index contributed by atoms with van der Waals surface area (Å²) in [5.74, 6) is -1.60. The molecule has 154 valence electrons. The number of halogens is 1. The molecule has 1 saturated carbocycles. The third-order valence-corrected chi connectivity index (χ3v) is 9.01. The van der Waals surface area contributed by atoms with Gasteiger partial charge in [-0.2, -0.15) is 5.26 Å². The van der Waals surface area contributed by atoms with E-state index in [2.05, 4.69) is 4.72 Å². The van der Waals surface area contributed by atoms with E-state index in [1.54, 1.807) is 26.8 Å². The number of nitrogens with zero attached hydrogens (tertiary/aromatic N) is 2. The molecule has 0 aliphatic heterocycles. The van der Waals surface area contributed by atoms with Gasteiger partial charge in [0.15, 0.2) is 14.6 Å². The van der Waals surface area contributed by atoms with Crippen molar-refractivity contribution in [3.63, 3.8) is 0 Å². The SMILES string of the molecule is CC(CS(=O)(=O)C1(C#N)CC1)(NS(=O)C(C)(C)C)c1cc([N+](=O)[O-])ccc1F. The molecule has 0 saturated heterocycles. The number of hydrogen-bond acceptors (Lipinski definition) is 6. The zero-order chi connectivity index (χ0) is 21.5. The number of nitriles is 1. The van der Waals surface area contributed by atoms with Gasteiger partial charge in [0.2, 0.25) is 0 Å². The Kier molecular flexibility index (Phi) is 5.73. The van der Waals surface area contributed by atoms with Crippen molar-refractivity contribution < 1.29 is 21.9 Å². The minimum absolute atomic E-state index is 0.168. The van der Waals surface area contributed by atoms with Crippen LogP contribution >= 0.6 is 0 Å². The highest BCUT2D eigenvalue weighted by Crippen LogP contribution is 2.45. The Labute approximate surface area is 165 Å². The van der Waals surface area contributed by atoms with Gasteiger partial charge in [-0.05, 0) is 46.6 Å². The summed E-state index contributed by atoms with van der Waals surface area (Å²) in [7, 11) is -5.85. The van der Waals surface area contributed by atoms with Crippen molar-refractivity contribution in [3.05, 3.63) is 39.7 Å². The molecule has 2 unspecified atom stereocenters. The van der Waals surface area contributed by atoms with Crippen LogP contribution in [0.15, 0.2) is 18.2 Å². The molecule has 1 N–H and O–H groups in total. The van der Waals surface area contributed by atoms with Crippen molar-refractivity contribution in [1.82, 2.24) is 4.72 Å². The van der Waals surface area contributed by atoms with Crippen LogP contribution in [0.4, 0.5) is 10.1 Å². The molecule has 0 amide bonds. The molecule has 1 aromatic rings. The maximum atomic E-state index is 14.6. The lowest BCUT2D eigenvalue weighted by atomic mass is 9.94. The van der Waals surface area contributed by atoms with E-state index in [0.29, 0.717) is 0 Å². The van der Waals surface area contributed by atoms with Gasteiger partial charge in [0, 0.05) is 17.7 Å². The summed E-state index contributed by atoms with van der Waals surface area (Å²) in [6, 6.07) is 4.57. The van der Waals surface area contributed by atoms with Crippen LogP contribution in [0.2, 0.25) is 0 Å². The summed E-state index contributed by atoms with van der Waals surface area (Å²) in [4.78, 5) is 10.4. The Morgan fingerprint density at radius 2 is 1.93 bits per heavy atom. The fraction of sp³-hybridized carbons (Fsp3) is 0.588. The number of sulfone groups is 1. The summed E-state index contributed by atoms with van der Waals surface area (Å²) in [5, 5.41) is 20.4. The molecule has 1 aliphatic rings. The number of benzene rings is 1. The van der Waals surface area contributed by atoms with E-state index in [1.165, 1.54) is 6.92 Å². The largest absolute Gasteiger partial charge is 0.269 e. The van der Waals surface area contributed by atoms with E-state index in [-0.39, 0.29) is 18.4 Å². The molecule has 1 aromatic carbocycles. The van der Waals surface area contributed by atoms with Crippen molar-refractivity contribution in [2.24, 2.45) is 0 Å². The smallest absolute Gasteiger partial charge is 0.258 e. The molecule has 0 radical (unpaired) electrons. The Hall–Kier alpha value is -1.90. The van der Waals surface area contributed by atoms with E-state index in [9.17, 15) is 32.4 Å². The van der Waals surface area contributed by atoms with E-state index in [0.717, 1.165) is 18.2 Å². The Bertz CT molecular complexity index is 977. The van der Waals surface area contributed by atoms with Gasteiger partial charge in [-0.15, -0.1) is 0 Å². The lowest BCUT2D eigenvalue weighted by molar-refractivity contribution is -0.385. The highest BCUT2D eigenvalue weighted by Gasteiger charge is 2.57. The quantitative estimate of drug-likeness (QED) is 0.521. The van der Waals surface area contributed by atoms with Crippen LogP contribution in [0.3, 0.4) is 0 Å². The Morgan fingerprint density at radius 1 is 1.36 bits per heavy atom. The zero-order valence-electron chi connectivity index (χ0n) is 16.0. The van der Waals surface area contributed by atoms with Crippen molar-refractivity contribution >= 4 is 26.5 Å². The molecule has 0 bridgehead atoms. The predicted molar refractivity (Wildman–Crippen MR) is 103 cm³/mol.